The third-order valence-electron chi connectivity index (χ3n) is 3.56. The van der Waals surface area contributed by atoms with Gasteiger partial charge in [0.1, 0.15) is 10.1 Å². The van der Waals surface area contributed by atoms with Crippen LogP contribution in [0.4, 0.5) is 0 Å². The summed E-state index contributed by atoms with van der Waals surface area (Å²) in [6, 6.07) is 0. The molecule has 0 rings (SSSR count). The van der Waals surface area contributed by atoms with Gasteiger partial charge in [0.25, 0.3) is 0 Å². The van der Waals surface area contributed by atoms with E-state index in [-0.39, 0.29) is 64.2 Å². The molecule has 0 aromatic carbocycles. The molecule has 0 amide bonds. The summed E-state index contributed by atoms with van der Waals surface area (Å²) in [5, 5.41) is 10.1. The van der Waals surface area contributed by atoms with E-state index in [0.717, 1.165) is 38.5 Å². The second kappa shape index (κ2) is 13.0. The minimum absolute atomic E-state index is 0. The van der Waals surface area contributed by atoms with Crippen LogP contribution in [0, 0.1) is 0 Å². The smallest absolute Gasteiger partial charge is 0.746 e. The summed E-state index contributed by atoms with van der Waals surface area (Å²) < 4.78 is 33.6. The Bertz CT molecular complexity index is 319. The first-order chi connectivity index (χ1) is 8.87. The van der Waals surface area contributed by atoms with Gasteiger partial charge in [-0.15, -0.1) is 0 Å². The van der Waals surface area contributed by atoms with Gasteiger partial charge in [-0.1, -0.05) is 58.8 Å². The molecule has 0 heterocycles. The Hall–Kier alpha value is 1.51. The van der Waals surface area contributed by atoms with Crippen LogP contribution >= 0.6 is 0 Å². The maximum atomic E-state index is 11.2. The van der Waals surface area contributed by atoms with Crippen LogP contribution in [0.15, 0.2) is 0 Å². The van der Waals surface area contributed by atoms with E-state index >= 15 is 0 Å². The first kappa shape index (κ1) is 23.8. The topological polar surface area (TPSA) is 77.4 Å². The van der Waals surface area contributed by atoms with Crippen molar-refractivity contribution in [1.82, 2.24) is 0 Å². The summed E-state index contributed by atoms with van der Waals surface area (Å²) in [6.07, 6.45) is 8.52. The van der Waals surface area contributed by atoms with Gasteiger partial charge >= 0.3 is 51.4 Å². The second-order valence-corrected chi connectivity index (χ2v) is 7.04. The van der Waals surface area contributed by atoms with Crippen molar-refractivity contribution in [2.75, 3.05) is 0 Å². The minimum atomic E-state index is -4.64. The van der Waals surface area contributed by atoms with E-state index in [1.165, 1.54) is 6.42 Å². The zero-order valence-corrected chi connectivity index (χ0v) is 17.3. The molecule has 0 fully saturated rings. The molecule has 0 radical (unpaired) electrons. The largest absolute Gasteiger partial charge is 1.00 e. The summed E-state index contributed by atoms with van der Waals surface area (Å²) in [7, 11) is -4.64. The van der Waals surface area contributed by atoms with Crippen LogP contribution in [-0.4, -0.2) is 23.0 Å². The Balaban J connectivity index is 0. The van der Waals surface area contributed by atoms with Crippen LogP contribution in [0.25, 0.3) is 0 Å². The Kier molecular flexibility index (Phi) is 15.4. The number of aliphatic hydroxyl groups is 1. The number of rotatable bonds is 12. The van der Waals surface area contributed by atoms with Crippen molar-refractivity contribution < 1.29 is 69.5 Å². The van der Waals surface area contributed by atoms with E-state index < -0.39 is 15.1 Å². The van der Waals surface area contributed by atoms with Crippen molar-refractivity contribution >= 4 is 10.1 Å². The molecule has 0 bridgehead atoms. The molecule has 0 aromatic heterocycles. The Morgan fingerprint density at radius 2 is 1.20 bits per heavy atom. The Labute approximate surface area is 167 Å². The number of hydrogen-bond acceptors (Lipinski definition) is 4. The Morgan fingerprint density at radius 3 is 1.65 bits per heavy atom. The zero-order chi connectivity index (χ0) is 14.8. The molecule has 4 nitrogen and oxygen atoms in total. The maximum Gasteiger partial charge on any atom is 1.00 e. The third-order valence-corrected chi connectivity index (χ3v) is 4.90. The fraction of sp³-hybridized carbons (Fsp3) is 1.00. The van der Waals surface area contributed by atoms with Crippen molar-refractivity contribution in [2.24, 2.45) is 0 Å². The first-order valence-corrected chi connectivity index (χ1v) is 8.96. The summed E-state index contributed by atoms with van der Waals surface area (Å²) >= 11 is 0. The van der Waals surface area contributed by atoms with Crippen molar-refractivity contribution in [2.45, 2.75) is 89.4 Å². The average molecular weight is 333 g/mol. The summed E-state index contributed by atoms with van der Waals surface area (Å²) in [5.74, 6) is 0. The van der Waals surface area contributed by atoms with Gasteiger partial charge in [0.2, 0.25) is 0 Å². The molecule has 0 aromatic rings. The van der Waals surface area contributed by atoms with Crippen LogP contribution in [-0.2, 0) is 10.1 Å². The van der Waals surface area contributed by atoms with Crippen LogP contribution in [0.5, 0.6) is 0 Å². The van der Waals surface area contributed by atoms with Crippen molar-refractivity contribution in [3.8, 4) is 0 Å². The van der Waals surface area contributed by atoms with Crippen molar-refractivity contribution in [1.29, 1.82) is 0 Å². The van der Waals surface area contributed by atoms with E-state index in [2.05, 4.69) is 6.92 Å². The molecule has 0 aliphatic carbocycles. The quantitative estimate of drug-likeness (QED) is 0.322. The van der Waals surface area contributed by atoms with Gasteiger partial charge in [-0.25, -0.2) is 8.42 Å². The number of unbranched alkanes of at least 4 members (excludes halogenated alkanes) is 7. The molecular weight excluding hydrogens is 303 g/mol. The van der Waals surface area contributed by atoms with Gasteiger partial charge in [0, 0.05) is 0 Å². The molecule has 0 saturated carbocycles. The van der Waals surface area contributed by atoms with Crippen LogP contribution in [0.3, 0.4) is 0 Å². The molecular formula is C14H29KO4S. The predicted molar refractivity (Wildman–Crippen MR) is 76.8 cm³/mol. The molecule has 1 N–H and O–H groups in total. The van der Waals surface area contributed by atoms with E-state index in [1.807, 2.05) is 6.92 Å². The molecule has 0 spiro atoms. The molecule has 0 aliphatic rings. The van der Waals surface area contributed by atoms with E-state index in [0.29, 0.717) is 12.8 Å². The fourth-order valence-corrected chi connectivity index (χ4v) is 3.00. The first-order valence-electron chi connectivity index (χ1n) is 7.55. The molecule has 1 atom stereocenters. The van der Waals surface area contributed by atoms with Crippen LogP contribution in [0.1, 0.15) is 84.5 Å². The van der Waals surface area contributed by atoms with Gasteiger partial charge in [-0.05, 0) is 25.7 Å². The molecule has 20 heavy (non-hydrogen) atoms. The summed E-state index contributed by atoms with van der Waals surface area (Å²) in [5.41, 5.74) is 0. The molecule has 0 saturated heterocycles. The molecule has 6 heteroatoms. The van der Waals surface area contributed by atoms with E-state index in [9.17, 15) is 18.1 Å². The standard InChI is InChI=1S/C14H30O4S.K/c1-3-5-7-8-9-11-13-14(15,19(16,17)18)12-10-6-4-2;/h15H,3-13H2,1-2H3,(H,16,17,18);/q;+1/p-1. The number of hydrogen-bond donors (Lipinski definition) is 1. The fourth-order valence-electron chi connectivity index (χ4n) is 2.21. The van der Waals surface area contributed by atoms with Gasteiger partial charge in [0.15, 0.2) is 4.93 Å². The van der Waals surface area contributed by atoms with E-state index in [1.54, 1.807) is 0 Å². The average Bonchev–Trinajstić information content (AvgIpc) is 2.32. The molecule has 116 valence electrons. The zero-order valence-electron chi connectivity index (χ0n) is 13.4. The molecule has 1 unspecified atom stereocenters. The van der Waals surface area contributed by atoms with E-state index in [4.69, 9.17) is 0 Å². The van der Waals surface area contributed by atoms with Gasteiger partial charge < -0.3 is 9.66 Å². The third kappa shape index (κ3) is 10.3. The van der Waals surface area contributed by atoms with Gasteiger partial charge in [-0.2, -0.15) is 0 Å². The maximum absolute atomic E-state index is 11.2. The minimum Gasteiger partial charge on any atom is -0.746 e. The van der Waals surface area contributed by atoms with Gasteiger partial charge in [0.05, 0.1) is 0 Å². The SMILES string of the molecule is CCCCCCCCC(O)(CCCCC)S(=O)(=O)[O-].[K+]. The second-order valence-electron chi connectivity index (χ2n) is 5.38. The summed E-state index contributed by atoms with van der Waals surface area (Å²) in [6.45, 7) is 4.13. The molecule has 0 aliphatic heterocycles. The van der Waals surface area contributed by atoms with Crippen molar-refractivity contribution in [3.63, 3.8) is 0 Å². The summed E-state index contributed by atoms with van der Waals surface area (Å²) in [4.78, 5) is -2.05. The van der Waals surface area contributed by atoms with Crippen LogP contribution < -0.4 is 51.4 Å². The van der Waals surface area contributed by atoms with Crippen LogP contribution in [0.2, 0.25) is 0 Å². The Morgan fingerprint density at radius 1 is 0.850 bits per heavy atom. The normalized spacial score (nSPS) is 14.6. The monoisotopic (exact) mass is 332 g/mol. The predicted octanol–water partition coefficient (Wildman–Crippen LogP) is 0.555. The van der Waals surface area contributed by atoms with Gasteiger partial charge in [-0.3, -0.25) is 0 Å². The van der Waals surface area contributed by atoms with Crippen molar-refractivity contribution in [3.05, 3.63) is 0 Å².